The Bertz CT molecular complexity index is 331. The molecule has 0 amide bonds. The molecule has 0 radical (unpaired) electrons. The van der Waals surface area contributed by atoms with Crippen LogP contribution in [0, 0.1) is 16.7 Å². The summed E-state index contributed by atoms with van der Waals surface area (Å²) in [4.78, 5) is 2.84. The third-order valence-electron chi connectivity index (χ3n) is 6.29. The summed E-state index contributed by atoms with van der Waals surface area (Å²) < 4.78 is 0. The van der Waals surface area contributed by atoms with E-state index in [0.29, 0.717) is 10.8 Å². The van der Waals surface area contributed by atoms with Crippen LogP contribution in [0.3, 0.4) is 0 Å². The number of rotatable bonds is 2. The lowest BCUT2D eigenvalue weighted by Crippen LogP contribution is -2.50. The van der Waals surface area contributed by atoms with Crippen LogP contribution in [0.2, 0.25) is 0 Å². The van der Waals surface area contributed by atoms with Crippen molar-refractivity contribution in [1.29, 1.82) is 0 Å². The normalized spacial score (nSPS) is 35.1. The second kappa shape index (κ2) is 5.85. The number of nitrogens with zero attached hydrogens (tertiary/aromatic N) is 1. The minimum Gasteiger partial charge on any atom is -0.314 e. The summed E-state index contributed by atoms with van der Waals surface area (Å²) in [7, 11) is 0. The van der Waals surface area contributed by atoms with E-state index in [0.717, 1.165) is 18.0 Å². The zero-order valence-electron chi connectivity index (χ0n) is 14.8. The van der Waals surface area contributed by atoms with Crippen molar-refractivity contribution < 1.29 is 0 Å². The monoisotopic (exact) mass is 292 g/mol. The Morgan fingerprint density at radius 3 is 2.05 bits per heavy atom. The zero-order chi connectivity index (χ0) is 15.1. The molecule has 3 rings (SSSR count). The van der Waals surface area contributed by atoms with E-state index < -0.39 is 0 Å². The van der Waals surface area contributed by atoms with Crippen molar-refractivity contribution in [2.45, 2.75) is 84.7 Å². The van der Waals surface area contributed by atoms with E-state index in [1.54, 1.807) is 0 Å². The molecule has 0 aromatic carbocycles. The first-order chi connectivity index (χ1) is 9.85. The summed E-state index contributed by atoms with van der Waals surface area (Å²) in [6.45, 7) is 13.9. The number of nitrogens with one attached hydrogen (secondary N) is 1. The highest BCUT2D eigenvalue weighted by molar-refractivity contribution is 4.95. The van der Waals surface area contributed by atoms with E-state index >= 15 is 0 Å². The van der Waals surface area contributed by atoms with E-state index in [1.165, 1.54) is 64.6 Å². The Labute approximate surface area is 132 Å². The average molecular weight is 293 g/mol. The van der Waals surface area contributed by atoms with Crippen LogP contribution in [0.4, 0.5) is 0 Å². The van der Waals surface area contributed by atoms with Crippen LogP contribution in [-0.4, -0.2) is 36.6 Å². The van der Waals surface area contributed by atoms with Crippen molar-refractivity contribution >= 4 is 0 Å². The molecule has 3 fully saturated rings. The summed E-state index contributed by atoms with van der Waals surface area (Å²) >= 11 is 0. The molecule has 21 heavy (non-hydrogen) atoms. The number of piperidine rings is 1. The molecular formula is C19H36N2. The lowest BCUT2D eigenvalue weighted by atomic mass is 9.63. The molecular weight excluding hydrogens is 256 g/mol. The van der Waals surface area contributed by atoms with E-state index in [-0.39, 0.29) is 0 Å². The predicted molar refractivity (Wildman–Crippen MR) is 90.5 cm³/mol. The van der Waals surface area contributed by atoms with E-state index in [1.807, 2.05) is 0 Å². The molecule has 2 heteroatoms. The second-order valence-electron chi connectivity index (χ2n) is 9.64. The number of hydrogen-bond donors (Lipinski definition) is 1. The molecule has 2 aliphatic heterocycles. The highest BCUT2D eigenvalue weighted by Gasteiger charge is 2.41. The number of hydrogen-bond acceptors (Lipinski definition) is 2. The first-order valence-electron chi connectivity index (χ1n) is 9.32. The maximum Gasteiger partial charge on any atom is 0.0105 e. The molecule has 1 atom stereocenters. The van der Waals surface area contributed by atoms with Gasteiger partial charge in [0.05, 0.1) is 0 Å². The first-order valence-corrected chi connectivity index (χ1v) is 9.32. The minimum absolute atomic E-state index is 0.524. The molecule has 2 saturated heterocycles. The molecule has 0 bridgehead atoms. The van der Waals surface area contributed by atoms with Crippen molar-refractivity contribution in [2.24, 2.45) is 16.7 Å². The molecule has 0 aromatic heterocycles. The Hall–Kier alpha value is -0.0800. The van der Waals surface area contributed by atoms with Gasteiger partial charge < -0.3 is 10.2 Å². The molecule has 2 heterocycles. The van der Waals surface area contributed by atoms with Crippen molar-refractivity contribution in [2.75, 3.05) is 19.6 Å². The Morgan fingerprint density at radius 1 is 0.905 bits per heavy atom. The van der Waals surface area contributed by atoms with Crippen LogP contribution >= 0.6 is 0 Å². The van der Waals surface area contributed by atoms with Crippen LogP contribution in [0.1, 0.15) is 72.6 Å². The standard InChI is InChI=1S/C19H36N2/c1-18(2)12-16(13-19(3,4)14-18)21-10-7-15(8-11-21)17-6-5-9-20-17/h15-17,20H,5-14H2,1-4H3. The Kier molecular flexibility index (Phi) is 4.40. The fourth-order valence-electron chi connectivity index (χ4n) is 5.85. The first kappa shape index (κ1) is 15.8. The van der Waals surface area contributed by atoms with Gasteiger partial charge in [0.2, 0.25) is 0 Å². The quantitative estimate of drug-likeness (QED) is 0.826. The number of likely N-dealkylation sites (tertiary alicyclic amines) is 1. The molecule has 3 aliphatic rings. The fourth-order valence-corrected chi connectivity index (χ4v) is 5.85. The lowest BCUT2D eigenvalue weighted by molar-refractivity contribution is 0.00728. The van der Waals surface area contributed by atoms with E-state index in [9.17, 15) is 0 Å². The molecule has 1 unspecified atom stereocenters. The van der Waals surface area contributed by atoms with Crippen molar-refractivity contribution in [3.8, 4) is 0 Å². The topological polar surface area (TPSA) is 15.3 Å². The van der Waals surface area contributed by atoms with Gasteiger partial charge in [-0.25, -0.2) is 0 Å². The summed E-state index contributed by atoms with van der Waals surface area (Å²) in [6.07, 6.45) is 9.87. The molecule has 0 aromatic rings. The molecule has 1 saturated carbocycles. The van der Waals surface area contributed by atoms with Crippen molar-refractivity contribution in [3.05, 3.63) is 0 Å². The van der Waals surface area contributed by atoms with Crippen LogP contribution in [0.15, 0.2) is 0 Å². The summed E-state index contributed by atoms with van der Waals surface area (Å²) in [5.41, 5.74) is 1.05. The summed E-state index contributed by atoms with van der Waals surface area (Å²) in [5, 5.41) is 3.73. The van der Waals surface area contributed by atoms with Crippen LogP contribution in [0.25, 0.3) is 0 Å². The second-order valence-corrected chi connectivity index (χ2v) is 9.64. The Morgan fingerprint density at radius 2 is 1.52 bits per heavy atom. The van der Waals surface area contributed by atoms with Gasteiger partial charge in [-0.15, -0.1) is 0 Å². The minimum atomic E-state index is 0.524. The molecule has 2 nitrogen and oxygen atoms in total. The fraction of sp³-hybridized carbons (Fsp3) is 1.00. The summed E-state index contributed by atoms with van der Waals surface area (Å²) in [5.74, 6) is 0.952. The van der Waals surface area contributed by atoms with Gasteiger partial charge in [0.15, 0.2) is 0 Å². The maximum absolute atomic E-state index is 3.73. The average Bonchev–Trinajstić information content (AvgIpc) is 2.89. The molecule has 1 N–H and O–H groups in total. The molecule has 122 valence electrons. The van der Waals surface area contributed by atoms with Crippen molar-refractivity contribution in [3.63, 3.8) is 0 Å². The van der Waals surface area contributed by atoms with Gasteiger partial charge in [0, 0.05) is 12.1 Å². The molecule has 0 spiro atoms. The SMILES string of the molecule is CC1(C)CC(N2CCC(C3CCCN3)CC2)CC(C)(C)C1. The Balaban J connectivity index is 1.56. The van der Waals surface area contributed by atoms with Crippen LogP contribution in [-0.2, 0) is 0 Å². The van der Waals surface area contributed by atoms with Gasteiger partial charge in [0.1, 0.15) is 0 Å². The summed E-state index contributed by atoms with van der Waals surface area (Å²) in [6, 6.07) is 1.67. The van der Waals surface area contributed by atoms with Gasteiger partial charge in [0.25, 0.3) is 0 Å². The predicted octanol–water partition coefficient (Wildman–Crippen LogP) is 4.06. The van der Waals surface area contributed by atoms with E-state index in [2.05, 4.69) is 37.9 Å². The van der Waals surface area contributed by atoms with Gasteiger partial charge >= 0.3 is 0 Å². The van der Waals surface area contributed by atoms with Gasteiger partial charge in [-0.3, -0.25) is 0 Å². The zero-order valence-corrected chi connectivity index (χ0v) is 14.8. The molecule has 1 aliphatic carbocycles. The van der Waals surface area contributed by atoms with Gasteiger partial charge in [-0.1, -0.05) is 27.7 Å². The highest BCUT2D eigenvalue weighted by atomic mass is 15.2. The van der Waals surface area contributed by atoms with Crippen molar-refractivity contribution in [1.82, 2.24) is 10.2 Å². The third kappa shape index (κ3) is 3.82. The lowest BCUT2D eigenvalue weighted by Gasteiger charge is -2.50. The van der Waals surface area contributed by atoms with Crippen LogP contribution < -0.4 is 5.32 Å². The largest absolute Gasteiger partial charge is 0.314 e. The van der Waals surface area contributed by atoms with Gasteiger partial charge in [-0.2, -0.15) is 0 Å². The third-order valence-corrected chi connectivity index (χ3v) is 6.29. The highest BCUT2D eigenvalue weighted by Crippen LogP contribution is 2.47. The van der Waals surface area contributed by atoms with Crippen LogP contribution in [0.5, 0.6) is 0 Å². The van der Waals surface area contributed by atoms with E-state index in [4.69, 9.17) is 0 Å². The maximum atomic E-state index is 3.73. The van der Waals surface area contributed by atoms with Gasteiger partial charge in [-0.05, 0) is 81.3 Å². The smallest absolute Gasteiger partial charge is 0.0105 e.